The molecule has 6 nitrogen and oxygen atoms in total. The number of likely N-dealkylation sites (tertiary alicyclic amines) is 1. The van der Waals surface area contributed by atoms with Crippen LogP contribution in [0.25, 0.3) is 0 Å². The Bertz CT molecular complexity index is 916. The van der Waals surface area contributed by atoms with Crippen molar-refractivity contribution < 1.29 is 4.79 Å². The molecular weight excluding hydrogens is 374 g/mol. The van der Waals surface area contributed by atoms with Gasteiger partial charge in [-0.1, -0.05) is 36.4 Å². The largest absolute Gasteiger partial charge is 0.356 e. The van der Waals surface area contributed by atoms with Gasteiger partial charge in [0, 0.05) is 63.3 Å². The topological polar surface area (TPSA) is 70.0 Å². The zero-order valence-corrected chi connectivity index (χ0v) is 17.1. The highest BCUT2D eigenvalue weighted by molar-refractivity contribution is 5.80. The Morgan fingerprint density at radius 1 is 1.13 bits per heavy atom. The SMILES string of the molecule is C#CCCC1(CCNC(=O)[C@@H]2CN(Cc3ccccc3)C[C@H]2c2ccccn2)N=N1. The third-order valence-corrected chi connectivity index (χ3v) is 5.93. The van der Waals surface area contributed by atoms with Gasteiger partial charge in [-0.05, 0) is 17.7 Å². The van der Waals surface area contributed by atoms with Crippen LogP contribution in [0.4, 0.5) is 0 Å². The highest BCUT2D eigenvalue weighted by Gasteiger charge is 2.41. The number of hydrogen-bond donors (Lipinski definition) is 1. The van der Waals surface area contributed by atoms with Crippen LogP contribution in [-0.2, 0) is 11.3 Å². The lowest BCUT2D eigenvalue weighted by molar-refractivity contribution is -0.125. The number of aromatic nitrogens is 1. The molecule has 1 aromatic carbocycles. The molecule has 0 unspecified atom stereocenters. The predicted octanol–water partition coefficient (Wildman–Crippen LogP) is 3.38. The molecule has 0 bridgehead atoms. The number of nitrogens with one attached hydrogen (secondary N) is 1. The summed E-state index contributed by atoms with van der Waals surface area (Å²) in [6.45, 7) is 2.93. The van der Waals surface area contributed by atoms with Gasteiger partial charge < -0.3 is 5.32 Å². The fraction of sp³-hybridized carbons (Fsp3) is 0.417. The second-order valence-corrected chi connectivity index (χ2v) is 8.07. The Morgan fingerprint density at radius 2 is 1.93 bits per heavy atom. The average molecular weight is 402 g/mol. The Labute approximate surface area is 177 Å². The summed E-state index contributed by atoms with van der Waals surface area (Å²) in [4.78, 5) is 20.0. The van der Waals surface area contributed by atoms with E-state index in [4.69, 9.17) is 6.42 Å². The van der Waals surface area contributed by atoms with E-state index in [2.05, 4.69) is 55.6 Å². The van der Waals surface area contributed by atoms with Gasteiger partial charge in [0.2, 0.25) is 5.91 Å². The number of amides is 1. The molecular formula is C24H27N5O. The second kappa shape index (κ2) is 9.19. The monoisotopic (exact) mass is 401 g/mol. The van der Waals surface area contributed by atoms with Gasteiger partial charge in [0.05, 0.1) is 5.92 Å². The fourth-order valence-electron chi connectivity index (χ4n) is 4.20. The van der Waals surface area contributed by atoms with Crippen LogP contribution in [0.3, 0.4) is 0 Å². The Balaban J connectivity index is 1.38. The van der Waals surface area contributed by atoms with E-state index in [1.54, 1.807) is 6.20 Å². The van der Waals surface area contributed by atoms with E-state index in [-0.39, 0.29) is 23.4 Å². The highest BCUT2D eigenvalue weighted by atomic mass is 16.2. The van der Waals surface area contributed by atoms with E-state index in [9.17, 15) is 4.79 Å². The molecule has 1 aromatic heterocycles. The smallest absolute Gasteiger partial charge is 0.225 e. The van der Waals surface area contributed by atoms with Crippen LogP contribution in [0.1, 0.15) is 36.4 Å². The van der Waals surface area contributed by atoms with Crippen molar-refractivity contribution in [3.8, 4) is 12.3 Å². The van der Waals surface area contributed by atoms with Gasteiger partial charge >= 0.3 is 0 Å². The quantitative estimate of drug-likeness (QED) is 0.655. The first-order valence-corrected chi connectivity index (χ1v) is 10.5. The van der Waals surface area contributed by atoms with Crippen molar-refractivity contribution in [1.29, 1.82) is 0 Å². The van der Waals surface area contributed by atoms with Crippen molar-refractivity contribution in [2.24, 2.45) is 16.1 Å². The molecule has 0 saturated carbocycles. The molecule has 0 aliphatic carbocycles. The lowest BCUT2D eigenvalue weighted by atomic mass is 9.91. The minimum absolute atomic E-state index is 0.0777. The van der Waals surface area contributed by atoms with Crippen LogP contribution >= 0.6 is 0 Å². The summed E-state index contributed by atoms with van der Waals surface area (Å²) in [5, 5.41) is 11.4. The Hall–Kier alpha value is -3.04. The minimum Gasteiger partial charge on any atom is -0.356 e. The van der Waals surface area contributed by atoms with E-state index in [0.717, 1.165) is 31.7 Å². The van der Waals surface area contributed by atoms with Crippen LogP contribution in [0.5, 0.6) is 0 Å². The normalized spacial score (nSPS) is 21.8. The highest BCUT2D eigenvalue weighted by Crippen LogP contribution is 2.36. The van der Waals surface area contributed by atoms with Crippen molar-refractivity contribution in [3.63, 3.8) is 0 Å². The Kier molecular flexibility index (Phi) is 6.20. The molecule has 6 heteroatoms. The van der Waals surface area contributed by atoms with E-state index >= 15 is 0 Å². The van der Waals surface area contributed by atoms with E-state index in [0.29, 0.717) is 19.4 Å². The Morgan fingerprint density at radius 3 is 2.63 bits per heavy atom. The fourth-order valence-corrected chi connectivity index (χ4v) is 4.20. The molecule has 1 N–H and O–H groups in total. The molecule has 2 aliphatic rings. The van der Waals surface area contributed by atoms with Crippen molar-refractivity contribution in [2.45, 2.75) is 37.4 Å². The zero-order valence-electron chi connectivity index (χ0n) is 17.1. The first-order valence-electron chi connectivity index (χ1n) is 10.5. The molecule has 2 atom stereocenters. The molecule has 1 amide bonds. The maximum absolute atomic E-state index is 13.1. The van der Waals surface area contributed by atoms with Gasteiger partial charge in [-0.3, -0.25) is 14.7 Å². The van der Waals surface area contributed by atoms with Crippen LogP contribution in [0.15, 0.2) is 65.0 Å². The van der Waals surface area contributed by atoms with Gasteiger partial charge in [-0.25, -0.2) is 0 Å². The number of pyridine rings is 1. The van der Waals surface area contributed by atoms with Crippen LogP contribution in [-0.4, -0.2) is 41.1 Å². The molecule has 30 heavy (non-hydrogen) atoms. The zero-order chi connectivity index (χ0) is 20.8. The summed E-state index contributed by atoms with van der Waals surface area (Å²) in [5.74, 6) is 2.67. The lowest BCUT2D eigenvalue weighted by Gasteiger charge is -2.18. The second-order valence-electron chi connectivity index (χ2n) is 8.07. The summed E-state index contributed by atoms with van der Waals surface area (Å²) >= 11 is 0. The summed E-state index contributed by atoms with van der Waals surface area (Å²) in [5.41, 5.74) is 1.87. The standard InChI is InChI=1S/C24H27N5O/c1-2-3-12-24(27-28-24)13-15-26-23(30)21-18-29(16-19-9-5-4-6-10-19)17-20(21)22-11-7-8-14-25-22/h1,4-11,14,20-21H,3,12-13,15-18H2,(H,26,30)/t20-,21-/m1/s1. The van der Waals surface area contributed by atoms with Gasteiger partial charge in [0.1, 0.15) is 0 Å². The predicted molar refractivity (Wildman–Crippen MR) is 115 cm³/mol. The number of rotatable bonds is 9. The van der Waals surface area contributed by atoms with Crippen LogP contribution in [0, 0.1) is 18.3 Å². The molecule has 4 rings (SSSR count). The summed E-state index contributed by atoms with van der Waals surface area (Å²) in [7, 11) is 0. The summed E-state index contributed by atoms with van der Waals surface area (Å²) < 4.78 is 0. The molecule has 0 spiro atoms. The van der Waals surface area contributed by atoms with E-state index in [1.807, 2.05) is 24.3 Å². The van der Waals surface area contributed by atoms with Crippen molar-refractivity contribution >= 4 is 5.91 Å². The number of terminal acetylenes is 1. The van der Waals surface area contributed by atoms with Crippen molar-refractivity contribution in [3.05, 3.63) is 66.0 Å². The number of benzene rings is 1. The number of carbonyl (C=O) groups excluding carboxylic acids is 1. The van der Waals surface area contributed by atoms with E-state index < -0.39 is 0 Å². The maximum atomic E-state index is 13.1. The van der Waals surface area contributed by atoms with Crippen LogP contribution in [0.2, 0.25) is 0 Å². The van der Waals surface area contributed by atoms with Gasteiger partial charge in [0.25, 0.3) is 0 Å². The summed E-state index contributed by atoms with van der Waals surface area (Å²) in [6, 6.07) is 16.3. The molecule has 1 fully saturated rings. The van der Waals surface area contributed by atoms with E-state index in [1.165, 1.54) is 5.56 Å². The number of nitrogens with zero attached hydrogens (tertiary/aromatic N) is 4. The van der Waals surface area contributed by atoms with Crippen molar-refractivity contribution in [2.75, 3.05) is 19.6 Å². The number of carbonyl (C=O) groups is 1. The first kappa shape index (κ1) is 20.2. The summed E-state index contributed by atoms with van der Waals surface area (Å²) in [6.07, 6.45) is 9.26. The molecule has 3 heterocycles. The maximum Gasteiger partial charge on any atom is 0.225 e. The molecule has 2 aromatic rings. The minimum atomic E-state index is -0.366. The molecule has 154 valence electrons. The molecule has 2 aliphatic heterocycles. The van der Waals surface area contributed by atoms with Crippen molar-refractivity contribution in [1.82, 2.24) is 15.2 Å². The average Bonchev–Trinajstić information content (AvgIpc) is 3.43. The third-order valence-electron chi connectivity index (χ3n) is 5.93. The van der Waals surface area contributed by atoms with Gasteiger partial charge in [-0.15, -0.1) is 12.3 Å². The van der Waals surface area contributed by atoms with Gasteiger partial charge in [0.15, 0.2) is 5.66 Å². The van der Waals surface area contributed by atoms with Crippen LogP contribution < -0.4 is 5.32 Å². The first-order chi connectivity index (χ1) is 14.7. The third kappa shape index (κ3) is 4.92. The lowest BCUT2D eigenvalue weighted by Crippen LogP contribution is -2.36. The van der Waals surface area contributed by atoms with Gasteiger partial charge in [-0.2, -0.15) is 10.2 Å². The number of hydrogen-bond acceptors (Lipinski definition) is 5. The molecule has 1 saturated heterocycles. The molecule has 0 radical (unpaired) electrons.